The van der Waals surface area contributed by atoms with Crippen LogP contribution in [-0.4, -0.2) is 84.8 Å². The van der Waals surface area contributed by atoms with Crippen molar-refractivity contribution < 1.29 is 39.6 Å². The van der Waals surface area contributed by atoms with Crippen LogP contribution in [0.5, 0.6) is 0 Å². The zero-order valence-corrected chi connectivity index (χ0v) is 18.5. The summed E-state index contributed by atoms with van der Waals surface area (Å²) in [7, 11) is 0. The first-order valence-corrected chi connectivity index (χ1v) is 4.95. The summed E-state index contributed by atoms with van der Waals surface area (Å²) in [6.07, 6.45) is 0. The molecule has 0 heterocycles. The van der Waals surface area contributed by atoms with Gasteiger partial charge in [-0.05, 0) is 27.7 Å². The third kappa shape index (κ3) is 41600. The number of carbonyl (C=O) groups is 4. The molecule has 0 rings (SSSR count). The van der Waals surface area contributed by atoms with E-state index in [1.54, 1.807) is 0 Å². The van der Waals surface area contributed by atoms with E-state index in [1.807, 2.05) is 0 Å². The van der Waals surface area contributed by atoms with Crippen molar-refractivity contribution in [2.75, 3.05) is 13.1 Å². The molecule has 0 aromatic rings. The Kier molecular flexibility index (Phi) is 83.5. The minimum atomic E-state index is -1.08. The Morgan fingerprint density at radius 2 is 0.636 bits per heavy atom. The number of rotatable bonds is 1. The van der Waals surface area contributed by atoms with Gasteiger partial charge in [-0.15, -0.1) is 0 Å². The molecule has 0 fully saturated rings. The third-order valence-corrected chi connectivity index (χ3v) is 0.167. The Hall–Kier alpha value is -0.603. The topological polar surface area (TPSA) is 213 Å². The number of hydrogen-bond acceptors (Lipinski definition) is 10. The summed E-state index contributed by atoms with van der Waals surface area (Å²) in [5.41, 5.74) is 9.81. The van der Waals surface area contributed by atoms with Crippen LogP contribution in [0.25, 0.3) is 0 Å². The molecule has 0 unspecified atom stereocenters. The maximum atomic E-state index is 8.89. The van der Waals surface area contributed by atoms with Crippen molar-refractivity contribution in [3.8, 4) is 0 Å². The zero-order chi connectivity index (χ0) is 17.7. The molecule has 12 heteroatoms. The molecule has 4 N–H and O–H groups in total. The molecule has 0 aromatic carbocycles. The van der Waals surface area contributed by atoms with Crippen LogP contribution in [0.2, 0.25) is 0 Å². The Labute approximate surface area is 163 Å². The molecule has 0 spiro atoms. The Morgan fingerprint density at radius 1 is 0.591 bits per heavy atom. The fraction of sp³-hybridized carbons (Fsp3) is 0.600. The average molecular weight is 534 g/mol. The summed E-state index contributed by atoms with van der Waals surface area (Å²) in [5.74, 6) is -4.33. The normalized spacial score (nSPS) is 5.91. The van der Waals surface area contributed by atoms with Crippen molar-refractivity contribution in [2.24, 2.45) is 11.5 Å². The van der Waals surface area contributed by atoms with E-state index in [0.29, 0.717) is 13.1 Å². The molecule has 0 aliphatic heterocycles. The largest absolute Gasteiger partial charge is 2.00 e. The van der Waals surface area contributed by atoms with E-state index in [0.717, 1.165) is 27.7 Å². The molecule has 0 aliphatic rings. The van der Waals surface area contributed by atoms with Crippen molar-refractivity contribution in [1.82, 2.24) is 0 Å². The van der Waals surface area contributed by atoms with Crippen molar-refractivity contribution in [1.29, 1.82) is 0 Å². The quantitative estimate of drug-likeness (QED) is 0.304. The molecule has 0 saturated heterocycles. The molecule has 0 aliphatic carbocycles. The number of carboxylic acid groups (broad SMARTS) is 4. The van der Waals surface area contributed by atoms with Gasteiger partial charge in [-0.2, -0.15) is 0 Å². The van der Waals surface area contributed by atoms with Gasteiger partial charge in [0.15, 0.2) is 0 Å². The maximum Gasteiger partial charge on any atom is 2.00 e. The fourth-order valence-corrected chi connectivity index (χ4v) is 0. The van der Waals surface area contributed by atoms with Crippen LogP contribution in [0.3, 0.4) is 0 Å². The monoisotopic (exact) mass is 536 g/mol. The van der Waals surface area contributed by atoms with Crippen LogP contribution in [0.1, 0.15) is 27.7 Å². The summed E-state index contributed by atoms with van der Waals surface area (Å²) in [6, 6.07) is 0. The van der Waals surface area contributed by atoms with E-state index in [4.69, 9.17) is 51.1 Å². The molecule has 126 valence electrons. The molecular formula is C10H20N2O8Sn2. The van der Waals surface area contributed by atoms with Crippen LogP contribution in [0.4, 0.5) is 0 Å². The summed E-state index contributed by atoms with van der Waals surface area (Å²) in [6.45, 7) is 5.08. The third-order valence-electron chi connectivity index (χ3n) is 0.167. The molecule has 22 heavy (non-hydrogen) atoms. The van der Waals surface area contributed by atoms with Gasteiger partial charge in [-0.3, -0.25) is 0 Å². The Morgan fingerprint density at radius 3 is 0.636 bits per heavy atom. The van der Waals surface area contributed by atoms with E-state index in [9.17, 15) is 0 Å². The summed E-state index contributed by atoms with van der Waals surface area (Å²) in [5, 5.41) is 35.6. The molecule has 0 saturated carbocycles. The van der Waals surface area contributed by atoms with Crippen LogP contribution in [0.15, 0.2) is 0 Å². The number of nitrogens with two attached hydrogens (primary N) is 2. The second-order valence-electron chi connectivity index (χ2n) is 2.54. The smallest absolute Gasteiger partial charge is 0.550 e. The van der Waals surface area contributed by atoms with E-state index in [1.165, 1.54) is 0 Å². The van der Waals surface area contributed by atoms with Crippen LogP contribution >= 0.6 is 0 Å². The number of carbonyl (C=O) groups excluding carboxylic acids is 4. The van der Waals surface area contributed by atoms with E-state index in [-0.39, 0.29) is 47.8 Å². The molecule has 0 atom stereocenters. The molecule has 0 bridgehead atoms. The van der Waals surface area contributed by atoms with E-state index < -0.39 is 23.9 Å². The van der Waals surface area contributed by atoms with E-state index in [2.05, 4.69) is 0 Å². The summed E-state index contributed by atoms with van der Waals surface area (Å²) in [4.78, 5) is 35.6. The van der Waals surface area contributed by atoms with Crippen molar-refractivity contribution >= 4 is 71.7 Å². The van der Waals surface area contributed by atoms with Gasteiger partial charge in [0.2, 0.25) is 0 Å². The van der Waals surface area contributed by atoms with Gasteiger partial charge >= 0.3 is 47.8 Å². The zero-order valence-electron chi connectivity index (χ0n) is 12.8. The van der Waals surface area contributed by atoms with Gasteiger partial charge < -0.3 is 51.1 Å². The van der Waals surface area contributed by atoms with Gasteiger partial charge in [0, 0.05) is 37.0 Å². The van der Waals surface area contributed by atoms with Crippen molar-refractivity contribution in [3.05, 3.63) is 0 Å². The minimum Gasteiger partial charge on any atom is -0.550 e. The Bertz CT molecular complexity index is 199. The minimum absolute atomic E-state index is 0. The van der Waals surface area contributed by atoms with Gasteiger partial charge in [-0.25, -0.2) is 0 Å². The summed E-state index contributed by atoms with van der Waals surface area (Å²) < 4.78 is 0. The fourth-order valence-electron chi connectivity index (χ4n) is 0. The second kappa shape index (κ2) is 42.8. The first-order chi connectivity index (χ1) is 8.84. The van der Waals surface area contributed by atoms with Gasteiger partial charge in [0.25, 0.3) is 0 Å². The predicted octanol–water partition coefficient (Wildman–Crippen LogP) is -6.83. The van der Waals surface area contributed by atoms with Crippen LogP contribution in [0, 0.1) is 0 Å². The molecular weight excluding hydrogens is 514 g/mol. The van der Waals surface area contributed by atoms with Crippen molar-refractivity contribution in [3.63, 3.8) is 0 Å². The molecule has 0 amide bonds. The van der Waals surface area contributed by atoms with Gasteiger partial charge in [-0.1, -0.05) is 0 Å². The van der Waals surface area contributed by atoms with Crippen molar-refractivity contribution in [2.45, 2.75) is 27.7 Å². The summed E-state index contributed by atoms with van der Waals surface area (Å²) >= 11 is 0. The second-order valence-corrected chi connectivity index (χ2v) is 2.54. The first-order valence-electron chi connectivity index (χ1n) is 4.95. The maximum absolute atomic E-state index is 8.89. The number of hydrogen-bond donors (Lipinski definition) is 2. The number of carboxylic acids is 4. The van der Waals surface area contributed by atoms with Crippen LogP contribution < -0.4 is 31.9 Å². The van der Waals surface area contributed by atoms with E-state index >= 15 is 0 Å². The number of aliphatic carboxylic acids is 4. The molecule has 0 aromatic heterocycles. The molecule has 4 radical (unpaired) electrons. The average Bonchev–Trinajstić information content (AvgIpc) is 2.13. The standard InChI is InChI=1S/C2H8N2.4C2H4O2.2Sn/c3-1-2-4;4*1-2(3)4;;/h1-4H2;4*1H3,(H,3,4);;/q;;;;;2*+2/p-4. The van der Waals surface area contributed by atoms with Crippen LogP contribution in [-0.2, 0) is 19.2 Å². The SMILES string of the molecule is CC(=O)[O-].CC(=O)[O-].CC(=O)[O-].CC(=O)[O-].NCCN.[Sn+2].[Sn+2]. The van der Waals surface area contributed by atoms with Gasteiger partial charge in [0.05, 0.1) is 0 Å². The Balaban J connectivity index is -0.0000000250. The molecule has 10 nitrogen and oxygen atoms in total. The predicted molar refractivity (Wildman–Crippen MR) is 72.3 cm³/mol. The first kappa shape index (κ1) is 42.9. The van der Waals surface area contributed by atoms with Gasteiger partial charge in [0.1, 0.15) is 0 Å².